The molecule has 2 aromatic rings. The molecule has 1 unspecified atom stereocenters. The van der Waals surface area contributed by atoms with Crippen molar-refractivity contribution in [2.24, 2.45) is 0 Å². The van der Waals surface area contributed by atoms with Crippen molar-refractivity contribution in [2.45, 2.75) is 25.3 Å². The molecular formula is C19H22F2N2O2. The summed E-state index contributed by atoms with van der Waals surface area (Å²) in [4.78, 5) is 12.1. The van der Waals surface area contributed by atoms with E-state index in [0.29, 0.717) is 12.8 Å². The fourth-order valence-electron chi connectivity index (χ4n) is 2.58. The number of carbonyl (C=O) groups is 1. The van der Waals surface area contributed by atoms with E-state index in [2.05, 4.69) is 10.6 Å². The predicted octanol–water partition coefficient (Wildman–Crippen LogP) is 3.32. The van der Waals surface area contributed by atoms with Crippen molar-refractivity contribution in [1.29, 1.82) is 0 Å². The molecule has 2 rings (SSSR count). The lowest BCUT2D eigenvalue weighted by Gasteiger charge is -2.19. The number of aliphatic hydroxyl groups excluding tert-OH is 1. The van der Waals surface area contributed by atoms with Gasteiger partial charge in [-0.1, -0.05) is 36.4 Å². The highest BCUT2D eigenvalue weighted by atomic mass is 19.1. The van der Waals surface area contributed by atoms with E-state index in [1.165, 1.54) is 18.2 Å². The van der Waals surface area contributed by atoms with Crippen molar-refractivity contribution in [3.63, 3.8) is 0 Å². The van der Waals surface area contributed by atoms with E-state index in [1.54, 1.807) is 0 Å². The molecule has 0 heterocycles. The maximum absolute atomic E-state index is 13.6. The van der Waals surface area contributed by atoms with Gasteiger partial charge < -0.3 is 15.7 Å². The summed E-state index contributed by atoms with van der Waals surface area (Å²) in [6.07, 6.45) is 1.22. The number of rotatable bonds is 8. The summed E-state index contributed by atoms with van der Waals surface area (Å²) in [5, 5.41) is 14.5. The number of halogens is 2. The van der Waals surface area contributed by atoms with Crippen LogP contribution < -0.4 is 10.6 Å². The Morgan fingerprint density at radius 2 is 1.72 bits per heavy atom. The summed E-state index contributed by atoms with van der Waals surface area (Å²) in [6, 6.07) is 12.5. The maximum Gasteiger partial charge on any atom is 0.315 e. The molecule has 2 aromatic carbocycles. The van der Waals surface area contributed by atoms with E-state index >= 15 is 0 Å². The molecule has 6 heteroatoms. The maximum atomic E-state index is 13.6. The van der Waals surface area contributed by atoms with Crippen LogP contribution in [0.5, 0.6) is 0 Å². The van der Waals surface area contributed by atoms with Crippen LogP contribution in [0.25, 0.3) is 0 Å². The van der Waals surface area contributed by atoms with Gasteiger partial charge in [0.1, 0.15) is 11.6 Å². The fraction of sp³-hybridized carbons (Fsp3) is 0.316. The molecule has 0 aliphatic heterocycles. The Kier molecular flexibility index (Phi) is 7.35. The standard InChI is InChI=1S/C19H22F2N2O2/c20-16-8-4-9-17(21)15(16)11-12-22-19(25)23-18(10-5-13-24)14-6-2-1-3-7-14/h1-4,6-9,18,24H,5,10-13H2,(H2,22,23,25). The molecule has 25 heavy (non-hydrogen) atoms. The highest BCUT2D eigenvalue weighted by Gasteiger charge is 2.14. The summed E-state index contributed by atoms with van der Waals surface area (Å²) in [5.74, 6) is -1.24. The summed E-state index contributed by atoms with van der Waals surface area (Å²) in [6.45, 7) is 0.157. The number of hydrogen-bond acceptors (Lipinski definition) is 2. The topological polar surface area (TPSA) is 61.4 Å². The molecule has 0 fully saturated rings. The third-order valence-electron chi connectivity index (χ3n) is 3.88. The van der Waals surface area contributed by atoms with Gasteiger partial charge in [-0.25, -0.2) is 13.6 Å². The van der Waals surface area contributed by atoms with Gasteiger partial charge in [-0.2, -0.15) is 0 Å². The zero-order valence-electron chi connectivity index (χ0n) is 13.8. The average Bonchev–Trinajstić information content (AvgIpc) is 2.62. The Balaban J connectivity index is 1.88. The van der Waals surface area contributed by atoms with Crippen LogP contribution in [-0.4, -0.2) is 24.3 Å². The van der Waals surface area contributed by atoms with E-state index in [-0.39, 0.29) is 31.2 Å². The van der Waals surface area contributed by atoms with Gasteiger partial charge in [0.05, 0.1) is 6.04 Å². The Morgan fingerprint density at radius 1 is 1.04 bits per heavy atom. The van der Waals surface area contributed by atoms with Gasteiger partial charge in [0.25, 0.3) is 0 Å². The van der Waals surface area contributed by atoms with Crippen molar-refractivity contribution in [3.8, 4) is 0 Å². The lowest BCUT2D eigenvalue weighted by atomic mass is 10.0. The van der Waals surface area contributed by atoms with Crippen molar-refractivity contribution >= 4 is 6.03 Å². The first-order valence-corrected chi connectivity index (χ1v) is 8.25. The summed E-state index contributed by atoms with van der Waals surface area (Å²) < 4.78 is 27.1. The Hall–Kier alpha value is -2.47. The molecule has 1 atom stereocenters. The average molecular weight is 348 g/mol. The molecule has 0 radical (unpaired) electrons. The lowest BCUT2D eigenvalue weighted by molar-refractivity contribution is 0.233. The van der Waals surface area contributed by atoms with Gasteiger partial charge >= 0.3 is 6.03 Å². The minimum atomic E-state index is -0.618. The highest BCUT2D eigenvalue weighted by molar-refractivity contribution is 5.74. The van der Waals surface area contributed by atoms with Crippen LogP contribution in [0, 0.1) is 11.6 Å². The Labute approximate surface area is 145 Å². The predicted molar refractivity (Wildman–Crippen MR) is 92.1 cm³/mol. The number of carbonyl (C=O) groups excluding carboxylic acids is 1. The molecule has 0 aliphatic carbocycles. The van der Waals surface area contributed by atoms with E-state index in [4.69, 9.17) is 5.11 Å². The van der Waals surface area contributed by atoms with Gasteiger partial charge in [-0.15, -0.1) is 0 Å². The van der Waals surface area contributed by atoms with Crippen LogP contribution in [0.2, 0.25) is 0 Å². The third-order valence-corrected chi connectivity index (χ3v) is 3.88. The second-order valence-corrected chi connectivity index (χ2v) is 5.68. The molecule has 0 saturated carbocycles. The zero-order valence-corrected chi connectivity index (χ0v) is 13.8. The Morgan fingerprint density at radius 3 is 2.36 bits per heavy atom. The molecule has 0 aromatic heterocycles. The van der Waals surface area contributed by atoms with E-state index in [1.807, 2.05) is 30.3 Å². The van der Waals surface area contributed by atoms with E-state index in [9.17, 15) is 13.6 Å². The molecule has 134 valence electrons. The van der Waals surface area contributed by atoms with Crippen LogP contribution in [0.3, 0.4) is 0 Å². The lowest BCUT2D eigenvalue weighted by Crippen LogP contribution is -2.39. The number of urea groups is 1. The monoisotopic (exact) mass is 348 g/mol. The fourth-order valence-corrected chi connectivity index (χ4v) is 2.58. The van der Waals surface area contributed by atoms with Crippen molar-refractivity contribution in [1.82, 2.24) is 10.6 Å². The normalized spacial score (nSPS) is 11.8. The van der Waals surface area contributed by atoms with E-state index < -0.39 is 17.7 Å². The summed E-state index contributed by atoms with van der Waals surface area (Å²) in [7, 11) is 0. The molecule has 3 N–H and O–H groups in total. The van der Waals surface area contributed by atoms with Crippen LogP contribution >= 0.6 is 0 Å². The summed E-state index contributed by atoms with van der Waals surface area (Å²) >= 11 is 0. The van der Waals surface area contributed by atoms with Gasteiger partial charge in [-0.05, 0) is 37.0 Å². The largest absolute Gasteiger partial charge is 0.396 e. The first-order chi connectivity index (χ1) is 12.1. The first-order valence-electron chi connectivity index (χ1n) is 8.25. The first kappa shape index (κ1) is 18.9. The molecule has 0 aliphatic rings. The number of aliphatic hydroxyl groups is 1. The number of amides is 2. The second-order valence-electron chi connectivity index (χ2n) is 5.68. The molecule has 0 spiro atoms. The summed E-state index contributed by atoms with van der Waals surface area (Å²) in [5.41, 5.74) is 0.897. The minimum absolute atomic E-state index is 0.0392. The Bertz CT molecular complexity index is 660. The zero-order chi connectivity index (χ0) is 18.1. The van der Waals surface area contributed by atoms with Gasteiger partial charge in [0.15, 0.2) is 0 Å². The quantitative estimate of drug-likeness (QED) is 0.685. The van der Waals surface area contributed by atoms with Crippen molar-refractivity contribution < 1.29 is 18.7 Å². The van der Waals surface area contributed by atoms with Gasteiger partial charge in [0.2, 0.25) is 0 Å². The number of benzene rings is 2. The second kappa shape index (κ2) is 9.74. The molecule has 0 bridgehead atoms. The van der Waals surface area contributed by atoms with Crippen LogP contribution in [-0.2, 0) is 6.42 Å². The van der Waals surface area contributed by atoms with E-state index in [0.717, 1.165) is 5.56 Å². The molecule has 4 nitrogen and oxygen atoms in total. The molecular weight excluding hydrogens is 326 g/mol. The van der Waals surface area contributed by atoms with Crippen molar-refractivity contribution in [2.75, 3.05) is 13.2 Å². The van der Waals surface area contributed by atoms with Crippen molar-refractivity contribution in [3.05, 3.63) is 71.3 Å². The highest BCUT2D eigenvalue weighted by Crippen LogP contribution is 2.18. The number of nitrogens with one attached hydrogen (secondary N) is 2. The smallest absolute Gasteiger partial charge is 0.315 e. The van der Waals surface area contributed by atoms with Gasteiger partial charge in [0, 0.05) is 18.7 Å². The SMILES string of the molecule is O=C(NCCc1c(F)cccc1F)NC(CCCO)c1ccccc1. The van der Waals surface area contributed by atoms with Crippen LogP contribution in [0.1, 0.15) is 30.0 Å². The third kappa shape index (κ3) is 5.83. The molecule has 2 amide bonds. The van der Waals surface area contributed by atoms with Gasteiger partial charge in [-0.3, -0.25) is 0 Å². The molecule has 0 saturated heterocycles. The minimum Gasteiger partial charge on any atom is -0.396 e. The number of hydrogen-bond donors (Lipinski definition) is 3. The van der Waals surface area contributed by atoms with Crippen LogP contribution in [0.4, 0.5) is 13.6 Å². The van der Waals surface area contributed by atoms with Crippen LogP contribution in [0.15, 0.2) is 48.5 Å².